The summed E-state index contributed by atoms with van der Waals surface area (Å²) in [6.07, 6.45) is 1.77. The van der Waals surface area contributed by atoms with Crippen LogP contribution in [0.4, 0.5) is 5.69 Å². The van der Waals surface area contributed by atoms with Crippen LogP contribution >= 0.6 is 0 Å². The van der Waals surface area contributed by atoms with E-state index in [1.54, 1.807) is 10.7 Å². The smallest absolute Gasteiger partial charge is 0.158 e. The molecule has 0 spiro atoms. The van der Waals surface area contributed by atoms with Crippen LogP contribution in [0.3, 0.4) is 0 Å². The SMILES string of the molecule is Cc1nc2c(C)cc(N)cn2n1. The molecule has 0 saturated carbocycles. The van der Waals surface area contributed by atoms with Crippen molar-refractivity contribution in [1.82, 2.24) is 14.6 Å². The van der Waals surface area contributed by atoms with Gasteiger partial charge in [0.1, 0.15) is 5.82 Å². The van der Waals surface area contributed by atoms with Crippen LogP contribution in [0, 0.1) is 13.8 Å². The molecule has 0 fully saturated rings. The van der Waals surface area contributed by atoms with Crippen molar-refractivity contribution in [3.63, 3.8) is 0 Å². The van der Waals surface area contributed by atoms with Crippen LogP contribution in [-0.4, -0.2) is 14.6 Å². The van der Waals surface area contributed by atoms with Crippen LogP contribution in [0.25, 0.3) is 5.65 Å². The third-order valence-corrected chi connectivity index (χ3v) is 1.74. The van der Waals surface area contributed by atoms with Gasteiger partial charge in [-0.15, -0.1) is 0 Å². The molecule has 0 bridgehead atoms. The first kappa shape index (κ1) is 7.09. The van der Waals surface area contributed by atoms with Gasteiger partial charge in [-0.05, 0) is 25.5 Å². The maximum absolute atomic E-state index is 5.65. The Morgan fingerprint density at radius 3 is 2.92 bits per heavy atom. The average Bonchev–Trinajstić information content (AvgIpc) is 2.29. The molecule has 0 aromatic carbocycles. The van der Waals surface area contributed by atoms with Gasteiger partial charge in [-0.1, -0.05) is 0 Å². The van der Waals surface area contributed by atoms with E-state index in [0.29, 0.717) is 5.69 Å². The summed E-state index contributed by atoms with van der Waals surface area (Å²) >= 11 is 0. The van der Waals surface area contributed by atoms with Gasteiger partial charge in [0, 0.05) is 0 Å². The molecule has 0 unspecified atom stereocenters. The summed E-state index contributed by atoms with van der Waals surface area (Å²) in [5.41, 5.74) is 8.29. The summed E-state index contributed by atoms with van der Waals surface area (Å²) in [5.74, 6) is 0.767. The minimum Gasteiger partial charge on any atom is -0.397 e. The molecule has 0 radical (unpaired) electrons. The fourth-order valence-electron chi connectivity index (χ4n) is 1.28. The largest absolute Gasteiger partial charge is 0.397 e. The van der Waals surface area contributed by atoms with E-state index in [0.717, 1.165) is 17.0 Å². The second-order valence-electron chi connectivity index (χ2n) is 2.88. The number of anilines is 1. The molecular formula is C8H10N4. The van der Waals surface area contributed by atoms with Gasteiger partial charge in [0.05, 0.1) is 11.9 Å². The summed E-state index contributed by atoms with van der Waals surface area (Å²) in [4.78, 5) is 4.25. The van der Waals surface area contributed by atoms with Gasteiger partial charge in [0.25, 0.3) is 0 Å². The van der Waals surface area contributed by atoms with Crippen molar-refractivity contribution in [3.05, 3.63) is 23.7 Å². The van der Waals surface area contributed by atoms with Gasteiger partial charge in [0.15, 0.2) is 5.65 Å². The van der Waals surface area contributed by atoms with Gasteiger partial charge in [-0.2, -0.15) is 5.10 Å². The number of nitrogen functional groups attached to an aromatic ring is 1. The van der Waals surface area contributed by atoms with Gasteiger partial charge in [-0.3, -0.25) is 0 Å². The van der Waals surface area contributed by atoms with E-state index >= 15 is 0 Å². The van der Waals surface area contributed by atoms with E-state index in [-0.39, 0.29) is 0 Å². The monoisotopic (exact) mass is 162 g/mol. The number of rotatable bonds is 0. The summed E-state index contributed by atoms with van der Waals surface area (Å²) in [5, 5.41) is 4.16. The number of pyridine rings is 1. The number of hydrogen-bond acceptors (Lipinski definition) is 3. The highest BCUT2D eigenvalue weighted by Crippen LogP contribution is 2.11. The maximum atomic E-state index is 5.65. The van der Waals surface area contributed by atoms with Crippen molar-refractivity contribution in [2.24, 2.45) is 0 Å². The lowest BCUT2D eigenvalue weighted by Gasteiger charge is -1.97. The lowest BCUT2D eigenvalue weighted by molar-refractivity contribution is 0.929. The molecule has 12 heavy (non-hydrogen) atoms. The Morgan fingerprint density at radius 2 is 2.17 bits per heavy atom. The Labute approximate surface area is 70.0 Å². The zero-order valence-corrected chi connectivity index (χ0v) is 7.07. The Balaban J connectivity index is 2.88. The van der Waals surface area contributed by atoms with E-state index in [1.807, 2.05) is 19.9 Å². The van der Waals surface area contributed by atoms with Crippen molar-refractivity contribution in [1.29, 1.82) is 0 Å². The first-order valence-corrected chi connectivity index (χ1v) is 3.76. The van der Waals surface area contributed by atoms with Crippen LogP contribution in [0.5, 0.6) is 0 Å². The summed E-state index contributed by atoms with van der Waals surface area (Å²) in [6, 6.07) is 1.89. The van der Waals surface area contributed by atoms with E-state index < -0.39 is 0 Å². The molecule has 2 rings (SSSR count). The molecule has 0 atom stereocenters. The third-order valence-electron chi connectivity index (χ3n) is 1.74. The molecule has 2 N–H and O–H groups in total. The minimum absolute atomic E-state index is 0.713. The van der Waals surface area contributed by atoms with Crippen LogP contribution in [0.2, 0.25) is 0 Å². The van der Waals surface area contributed by atoms with Crippen molar-refractivity contribution in [3.8, 4) is 0 Å². The number of hydrogen-bond donors (Lipinski definition) is 1. The van der Waals surface area contributed by atoms with Gasteiger partial charge in [0.2, 0.25) is 0 Å². The molecule has 0 aliphatic carbocycles. The second-order valence-corrected chi connectivity index (χ2v) is 2.88. The standard InChI is InChI=1S/C8H10N4/c1-5-3-7(9)4-12-8(5)10-6(2)11-12/h3-4H,9H2,1-2H3. The molecule has 0 aliphatic heterocycles. The summed E-state index contributed by atoms with van der Waals surface area (Å²) < 4.78 is 1.71. The lowest BCUT2D eigenvalue weighted by atomic mass is 10.3. The molecule has 0 saturated heterocycles. The molecule has 0 aliphatic rings. The molecule has 2 heterocycles. The highest BCUT2D eigenvalue weighted by atomic mass is 15.3. The maximum Gasteiger partial charge on any atom is 0.158 e. The number of aryl methyl sites for hydroxylation is 2. The number of nitrogens with zero attached hydrogens (tertiary/aromatic N) is 3. The Morgan fingerprint density at radius 1 is 1.42 bits per heavy atom. The molecule has 62 valence electrons. The molecule has 2 aromatic rings. The van der Waals surface area contributed by atoms with Crippen LogP contribution in [0.1, 0.15) is 11.4 Å². The van der Waals surface area contributed by atoms with Crippen molar-refractivity contribution >= 4 is 11.3 Å². The minimum atomic E-state index is 0.713. The van der Waals surface area contributed by atoms with Crippen molar-refractivity contribution in [2.75, 3.05) is 5.73 Å². The third kappa shape index (κ3) is 0.922. The zero-order valence-electron chi connectivity index (χ0n) is 7.07. The topological polar surface area (TPSA) is 56.2 Å². The van der Waals surface area contributed by atoms with E-state index in [4.69, 9.17) is 5.73 Å². The molecular weight excluding hydrogens is 152 g/mol. The zero-order chi connectivity index (χ0) is 8.72. The van der Waals surface area contributed by atoms with Gasteiger partial charge in [-0.25, -0.2) is 9.50 Å². The first-order chi connectivity index (χ1) is 5.66. The average molecular weight is 162 g/mol. The predicted molar refractivity (Wildman–Crippen MR) is 46.9 cm³/mol. The second kappa shape index (κ2) is 2.20. The van der Waals surface area contributed by atoms with Crippen molar-refractivity contribution < 1.29 is 0 Å². The highest BCUT2D eigenvalue weighted by Gasteiger charge is 2.02. The van der Waals surface area contributed by atoms with Gasteiger partial charge < -0.3 is 5.73 Å². The van der Waals surface area contributed by atoms with Gasteiger partial charge >= 0.3 is 0 Å². The molecule has 0 amide bonds. The summed E-state index contributed by atoms with van der Waals surface area (Å²) in [7, 11) is 0. The van der Waals surface area contributed by atoms with E-state index in [1.165, 1.54) is 0 Å². The molecule has 2 aromatic heterocycles. The Bertz CT molecular complexity index is 430. The Hall–Kier alpha value is -1.58. The van der Waals surface area contributed by atoms with E-state index in [2.05, 4.69) is 10.1 Å². The molecule has 4 nitrogen and oxygen atoms in total. The quantitative estimate of drug-likeness (QED) is 0.627. The number of nitrogens with two attached hydrogens (primary N) is 1. The number of aromatic nitrogens is 3. The fraction of sp³-hybridized carbons (Fsp3) is 0.250. The van der Waals surface area contributed by atoms with E-state index in [9.17, 15) is 0 Å². The summed E-state index contributed by atoms with van der Waals surface area (Å²) in [6.45, 7) is 3.84. The van der Waals surface area contributed by atoms with Crippen LogP contribution in [0.15, 0.2) is 12.3 Å². The highest BCUT2D eigenvalue weighted by molar-refractivity contribution is 5.53. The van der Waals surface area contributed by atoms with Crippen LogP contribution < -0.4 is 5.73 Å². The predicted octanol–water partition coefficient (Wildman–Crippen LogP) is 0.928. The lowest BCUT2D eigenvalue weighted by Crippen LogP contribution is -1.94. The molecule has 4 heteroatoms. The fourth-order valence-corrected chi connectivity index (χ4v) is 1.28. The van der Waals surface area contributed by atoms with Crippen molar-refractivity contribution in [2.45, 2.75) is 13.8 Å². The first-order valence-electron chi connectivity index (χ1n) is 3.76. The Kier molecular flexibility index (Phi) is 1.30. The number of fused-ring (bicyclic) bond motifs is 1. The van der Waals surface area contributed by atoms with Crippen LogP contribution in [-0.2, 0) is 0 Å². The normalized spacial score (nSPS) is 10.8.